The van der Waals surface area contributed by atoms with E-state index in [0.717, 1.165) is 42.7 Å². The quantitative estimate of drug-likeness (QED) is 0.881. The molecule has 1 heterocycles. The lowest BCUT2D eigenvalue weighted by Gasteiger charge is -2.43. The third-order valence-corrected chi connectivity index (χ3v) is 4.33. The summed E-state index contributed by atoms with van der Waals surface area (Å²) in [6.45, 7) is 2.57. The van der Waals surface area contributed by atoms with E-state index in [1.165, 1.54) is 0 Å². The van der Waals surface area contributed by atoms with Crippen LogP contribution in [0, 0.1) is 0 Å². The SMILES string of the molecule is CCOc1ccc2c(c1)OC1(CCCC1)C(N)C2O.Cl. The Morgan fingerprint density at radius 3 is 2.75 bits per heavy atom. The molecule has 2 atom stereocenters. The molecule has 1 aromatic carbocycles. The number of rotatable bonds is 2. The minimum Gasteiger partial charge on any atom is -0.494 e. The average Bonchev–Trinajstić information content (AvgIpc) is 2.86. The average molecular weight is 300 g/mol. The second-order valence-electron chi connectivity index (χ2n) is 5.48. The van der Waals surface area contributed by atoms with Gasteiger partial charge in [-0.2, -0.15) is 0 Å². The van der Waals surface area contributed by atoms with Gasteiger partial charge in [-0.05, 0) is 44.7 Å². The Morgan fingerprint density at radius 2 is 2.10 bits per heavy atom. The number of nitrogens with two attached hydrogens (primary N) is 1. The maximum absolute atomic E-state index is 10.4. The molecular weight excluding hydrogens is 278 g/mol. The van der Waals surface area contributed by atoms with Crippen molar-refractivity contribution in [2.24, 2.45) is 5.73 Å². The van der Waals surface area contributed by atoms with E-state index in [9.17, 15) is 5.11 Å². The van der Waals surface area contributed by atoms with E-state index < -0.39 is 11.7 Å². The summed E-state index contributed by atoms with van der Waals surface area (Å²) in [6.07, 6.45) is 3.41. The first-order valence-corrected chi connectivity index (χ1v) is 7.06. The molecule has 1 aliphatic carbocycles. The predicted octanol–water partition coefficient (Wildman–Crippen LogP) is 2.57. The van der Waals surface area contributed by atoms with Crippen LogP contribution in [0.4, 0.5) is 0 Å². The smallest absolute Gasteiger partial charge is 0.129 e. The standard InChI is InChI=1S/C15H21NO3.ClH/c1-2-18-10-5-6-11-12(9-10)19-15(7-3-4-8-15)14(16)13(11)17;/h5-6,9,13-14,17H,2-4,7-8,16H2,1H3;1H. The summed E-state index contributed by atoms with van der Waals surface area (Å²) < 4.78 is 11.7. The van der Waals surface area contributed by atoms with E-state index >= 15 is 0 Å². The molecule has 3 N–H and O–H groups in total. The molecule has 1 aromatic rings. The third-order valence-electron chi connectivity index (χ3n) is 4.33. The van der Waals surface area contributed by atoms with Gasteiger partial charge in [0.15, 0.2) is 0 Å². The fraction of sp³-hybridized carbons (Fsp3) is 0.600. The molecule has 0 aromatic heterocycles. The van der Waals surface area contributed by atoms with Crippen LogP contribution in [-0.4, -0.2) is 23.4 Å². The van der Waals surface area contributed by atoms with Gasteiger partial charge in [-0.1, -0.05) is 0 Å². The number of benzene rings is 1. The van der Waals surface area contributed by atoms with E-state index in [4.69, 9.17) is 15.2 Å². The molecule has 112 valence electrons. The summed E-state index contributed by atoms with van der Waals surface area (Å²) in [7, 11) is 0. The van der Waals surface area contributed by atoms with Crippen LogP contribution >= 0.6 is 12.4 Å². The Labute approximate surface area is 125 Å². The van der Waals surface area contributed by atoms with Crippen LogP contribution < -0.4 is 15.2 Å². The minimum absolute atomic E-state index is 0. The Bertz CT molecular complexity index is 474. The fourth-order valence-electron chi connectivity index (χ4n) is 3.28. The molecule has 20 heavy (non-hydrogen) atoms. The van der Waals surface area contributed by atoms with Gasteiger partial charge in [0.05, 0.1) is 12.6 Å². The minimum atomic E-state index is -0.655. The van der Waals surface area contributed by atoms with E-state index in [1.54, 1.807) is 0 Å². The van der Waals surface area contributed by atoms with E-state index in [-0.39, 0.29) is 18.4 Å². The van der Waals surface area contributed by atoms with Crippen molar-refractivity contribution in [1.29, 1.82) is 0 Å². The van der Waals surface area contributed by atoms with Crippen molar-refractivity contribution in [1.82, 2.24) is 0 Å². The Balaban J connectivity index is 0.00000147. The van der Waals surface area contributed by atoms with Gasteiger partial charge in [0, 0.05) is 11.6 Å². The van der Waals surface area contributed by atoms with Crippen molar-refractivity contribution < 1.29 is 14.6 Å². The lowest BCUT2D eigenvalue weighted by atomic mass is 9.83. The predicted molar refractivity (Wildman–Crippen MR) is 79.6 cm³/mol. The topological polar surface area (TPSA) is 64.7 Å². The number of ether oxygens (including phenoxy) is 2. The Hall–Kier alpha value is -0.970. The number of fused-ring (bicyclic) bond motifs is 1. The first-order chi connectivity index (χ1) is 9.16. The summed E-state index contributed by atoms with van der Waals surface area (Å²) in [4.78, 5) is 0. The molecule has 5 heteroatoms. The van der Waals surface area contributed by atoms with Crippen LogP contribution in [0.3, 0.4) is 0 Å². The summed E-state index contributed by atoms with van der Waals surface area (Å²) in [6, 6.07) is 5.23. The van der Waals surface area contributed by atoms with Gasteiger partial charge in [-0.3, -0.25) is 0 Å². The fourth-order valence-corrected chi connectivity index (χ4v) is 3.28. The van der Waals surface area contributed by atoms with Crippen LogP contribution in [0.5, 0.6) is 11.5 Å². The summed E-state index contributed by atoms with van der Waals surface area (Å²) >= 11 is 0. The highest BCUT2D eigenvalue weighted by Gasteiger charge is 2.49. The van der Waals surface area contributed by atoms with Gasteiger partial charge in [0.25, 0.3) is 0 Å². The monoisotopic (exact) mass is 299 g/mol. The van der Waals surface area contributed by atoms with Crippen LogP contribution in [-0.2, 0) is 0 Å². The summed E-state index contributed by atoms with van der Waals surface area (Å²) in [5.41, 5.74) is 6.60. The van der Waals surface area contributed by atoms with Gasteiger partial charge in [0.1, 0.15) is 23.2 Å². The zero-order valence-corrected chi connectivity index (χ0v) is 12.5. The second-order valence-corrected chi connectivity index (χ2v) is 5.48. The first kappa shape index (κ1) is 15.4. The molecule has 0 bridgehead atoms. The maximum atomic E-state index is 10.4. The molecule has 1 spiro atoms. The van der Waals surface area contributed by atoms with E-state index in [2.05, 4.69) is 0 Å². The Morgan fingerprint density at radius 1 is 1.40 bits per heavy atom. The lowest BCUT2D eigenvalue weighted by Crippen LogP contribution is -2.56. The molecule has 0 saturated heterocycles. The number of aliphatic hydroxyl groups excluding tert-OH is 1. The summed E-state index contributed by atoms with van der Waals surface area (Å²) in [5, 5.41) is 10.4. The van der Waals surface area contributed by atoms with Crippen LogP contribution in [0.2, 0.25) is 0 Å². The van der Waals surface area contributed by atoms with Crippen molar-refractivity contribution in [2.75, 3.05) is 6.61 Å². The number of aliphatic hydroxyl groups is 1. The highest BCUT2D eigenvalue weighted by atomic mass is 35.5. The molecule has 1 aliphatic heterocycles. The van der Waals surface area contributed by atoms with Crippen LogP contribution in [0.1, 0.15) is 44.3 Å². The molecule has 1 saturated carbocycles. The number of halogens is 1. The Kier molecular flexibility index (Phi) is 4.47. The van der Waals surface area contributed by atoms with Crippen molar-refractivity contribution >= 4 is 12.4 Å². The van der Waals surface area contributed by atoms with Crippen LogP contribution in [0.25, 0.3) is 0 Å². The zero-order valence-electron chi connectivity index (χ0n) is 11.7. The number of hydrogen-bond donors (Lipinski definition) is 2. The molecule has 0 radical (unpaired) electrons. The molecule has 1 fully saturated rings. The van der Waals surface area contributed by atoms with Gasteiger partial charge < -0.3 is 20.3 Å². The van der Waals surface area contributed by atoms with Gasteiger partial charge >= 0.3 is 0 Å². The zero-order chi connectivity index (χ0) is 13.5. The normalized spacial score (nSPS) is 26.6. The number of hydrogen-bond acceptors (Lipinski definition) is 4. The molecule has 2 aliphatic rings. The van der Waals surface area contributed by atoms with Gasteiger partial charge in [0.2, 0.25) is 0 Å². The largest absolute Gasteiger partial charge is 0.494 e. The highest BCUT2D eigenvalue weighted by molar-refractivity contribution is 5.85. The van der Waals surface area contributed by atoms with Crippen molar-refractivity contribution in [2.45, 2.75) is 50.4 Å². The maximum Gasteiger partial charge on any atom is 0.129 e. The molecule has 3 rings (SSSR count). The second kappa shape index (κ2) is 5.80. The van der Waals surface area contributed by atoms with Crippen LogP contribution in [0.15, 0.2) is 18.2 Å². The van der Waals surface area contributed by atoms with Crippen molar-refractivity contribution in [3.05, 3.63) is 23.8 Å². The third kappa shape index (κ3) is 2.36. The van der Waals surface area contributed by atoms with Gasteiger partial charge in [-0.15, -0.1) is 12.4 Å². The molecule has 0 amide bonds. The lowest BCUT2D eigenvalue weighted by molar-refractivity contribution is -0.0317. The first-order valence-electron chi connectivity index (χ1n) is 7.06. The van der Waals surface area contributed by atoms with Crippen molar-refractivity contribution in [3.63, 3.8) is 0 Å². The molecular formula is C15H22ClNO3. The van der Waals surface area contributed by atoms with E-state index in [1.807, 2.05) is 25.1 Å². The summed E-state index contributed by atoms with van der Waals surface area (Å²) in [5.74, 6) is 1.50. The van der Waals surface area contributed by atoms with Crippen molar-refractivity contribution in [3.8, 4) is 11.5 Å². The molecule has 4 nitrogen and oxygen atoms in total. The van der Waals surface area contributed by atoms with Gasteiger partial charge in [-0.25, -0.2) is 0 Å². The van der Waals surface area contributed by atoms with E-state index in [0.29, 0.717) is 6.61 Å². The molecule has 2 unspecified atom stereocenters. The highest BCUT2D eigenvalue weighted by Crippen LogP contribution is 2.47.